The van der Waals surface area contributed by atoms with Crippen LogP contribution in [0.3, 0.4) is 0 Å². The number of carbonyl (C=O) groups is 11. The number of nitrogens with one attached hydrogen (secondary N) is 9. The van der Waals surface area contributed by atoms with Crippen LogP contribution in [0.5, 0.6) is 5.75 Å². The second kappa shape index (κ2) is 35.9. The molecule has 15 N–H and O–H groups in total. The van der Waals surface area contributed by atoms with E-state index in [1.54, 1.807) is 0 Å². The van der Waals surface area contributed by atoms with Crippen molar-refractivity contribution in [1.82, 2.24) is 57.1 Å². The zero-order chi connectivity index (χ0) is 71.4. The third-order valence-electron chi connectivity index (χ3n) is 19.6. The summed E-state index contributed by atoms with van der Waals surface area (Å²) in [5.41, 5.74) is 14.9. The number of H-pyrrole nitrogens is 2. The number of hydrogen-bond donors (Lipinski definition) is 13. The van der Waals surface area contributed by atoms with Crippen molar-refractivity contribution in [3.8, 4) is 5.75 Å². The lowest BCUT2D eigenvalue weighted by atomic mass is 9.75. The molecule has 9 rings (SSSR count). The molecule has 27 nitrogen and oxygen atoms in total. The minimum absolute atomic E-state index is 0.0430. The Labute approximate surface area is 577 Å². The molecular weight excluding hydrogens is 1300 g/mol. The van der Waals surface area contributed by atoms with Crippen LogP contribution in [0.15, 0.2) is 85.5 Å². The number of hydrogen-bond acceptors (Lipinski definition) is 15. The van der Waals surface area contributed by atoms with Crippen molar-refractivity contribution in [1.29, 1.82) is 0 Å². The molecule has 2 bridgehead atoms. The lowest BCUT2D eigenvalue weighted by molar-refractivity contribution is -0.143. The lowest BCUT2D eigenvalue weighted by Crippen LogP contribution is -2.60. The smallest absolute Gasteiger partial charge is 0.305 e. The van der Waals surface area contributed by atoms with E-state index in [-0.39, 0.29) is 100 Å². The van der Waals surface area contributed by atoms with Crippen molar-refractivity contribution in [2.45, 2.75) is 183 Å². The number of primary amides is 1. The molecule has 9 amide bonds. The number of carbonyl (C=O) groups excluding carboxylic acids is 10. The number of nitrogens with two attached hydrogens (primary N) is 2. The van der Waals surface area contributed by atoms with Crippen LogP contribution in [0.2, 0.25) is 0 Å². The van der Waals surface area contributed by atoms with Gasteiger partial charge in [-0.1, -0.05) is 36.4 Å². The molecule has 1 saturated heterocycles. The zero-order valence-corrected chi connectivity index (χ0v) is 55.8. The summed E-state index contributed by atoms with van der Waals surface area (Å²) in [5, 5.41) is 39.5. The number of imidazole rings is 1. The van der Waals surface area contributed by atoms with Gasteiger partial charge in [0.05, 0.1) is 44.5 Å². The Bertz CT molecular complexity index is 3700. The summed E-state index contributed by atoms with van der Waals surface area (Å²) in [6.07, 6.45) is 6.20. The first kappa shape index (κ1) is 74.6. The van der Waals surface area contributed by atoms with Crippen molar-refractivity contribution in [3.63, 3.8) is 0 Å². The van der Waals surface area contributed by atoms with Crippen LogP contribution in [-0.2, 0) is 89.8 Å². The summed E-state index contributed by atoms with van der Waals surface area (Å²) in [6, 6.07) is 6.78. The molecule has 29 heteroatoms. The molecule has 0 spiro atoms. The number of aromatic amines is 2. The Kier molecular flexibility index (Phi) is 26.8. The van der Waals surface area contributed by atoms with Crippen LogP contribution in [0.4, 0.5) is 8.78 Å². The van der Waals surface area contributed by atoms with Gasteiger partial charge < -0.3 is 78.5 Å². The number of ketones is 1. The van der Waals surface area contributed by atoms with E-state index in [4.69, 9.17) is 16.2 Å². The number of unbranched alkanes of at least 4 members (excludes halogenated alkanes) is 1. The van der Waals surface area contributed by atoms with E-state index in [0.717, 1.165) is 11.1 Å². The predicted molar refractivity (Wildman–Crippen MR) is 360 cm³/mol. The number of aliphatic carboxylic acids is 1. The van der Waals surface area contributed by atoms with Gasteiger partial charge in [-0.3, -0.25) is 52.7 Å². The van der Waals surface area contributed by atoms with Gasteiger partial charge in [-0.25, -0.2) is 13.8 Å². The summed E-state index contributed by atoms with van der Waals surface area (Å²) >= 11 is 0. The molecule has 2 aliphatic carbocycles. The number of Topliss-reactive ketones (excluding diaryl/α,β-unsaturated/α-hetero) is 1. The molecule has 3 aromatic carbocycles. The molecule has 2 aliphatic heterocycles. The second-order valence-electron chi connectivity index (χ2n) is 26.9. The van der Waals surface area contributed by atoms with Crippen LogP contribution in [-0.4, -0.2) is 170 Å². The third kappa shape index (κ3) is 21.2. The van der Waals surface area contributed by atoms with Gasteiger partial charge in [0.2, 0.25) is 53.2 Å². The summed E-state index contributed by atoms with van der Waals surface area (Å²) in [4.78, 5) is 168. The SMILES string of the molecule is NCCCC[C@@H]1NC(=O)CCCCc2cccc(c2)COC[C@@H](C(N)=O)CC(=O)[C@@H]2CCCN2C(=O)[C@H](Cc2ccc(O)cc2)NC(=O)[C@H](Cc2cnc[nH]2)NC(=O)[C@H](CC(=O)O)NC(=O)[C@H](CC2CCC3CCC(F)CC32)NC(=O)[C@H](Cc2c[nH]c3ccc(F)cc23)NC(=O)CNC1=O. The van der Waals surface area contributed by atoms with Crippen LogP contribution in [0.25, 0.3) is 10.9 Å². The standard InChI is InChI=1S/C71H91F2N13O14/c72-47-18-17-43-15-16-44(51(43)30-47)27-56-68(96)84-58(33-64(91)92)70(98)83-57(32-49-35-76-39-79-49)69(97)85-59(26-41-13-20-50(87)21-14-41)71(99)86-24-6-11-60(86)61(88)29-46(65(75)93)38-100-37-42-9-5-8-40(25-42)7-1-2-12-62(89)80-54(10-3-4-23-74)66(94)78-36-63(90)81-55(67(95)82-56)28-45-34-77-53-22-19-48(73)31-52(45)53/h5,8-9,13-14,19-22,25,31,34-35,39,43-44,46-47,51,54-60,77,87H,1-4,6-7,10-12,15-18,23-24,26-30,32-33,36-38,74H2,(H2,75,93)(H,76,79)(H,78,94)(H,80,89)(H,81,90)(H,82,95)(H,83,98)(H,84,96)(H,85,97)(H,91,92)/t43?,44?,46-,47?,51?,54-,55-,56-,57-,58-,59-,60-/m0/s1. The minimum Gasteiger partial charge on any atom is -0.508 e. The van der Waals surface area contributed by atoms with E-state index in [1.807, 2.05) is 24.3 Å². The van der Waals surface area contributed by atoms with Crippen molar-refractivity contribution in [2.24, 2.45) is 35.1 Å². The number of aromatic hydroxyl groups is 1. The summed E-state index contributed by atoms with van der Waals surface area (Å²) in [7, 11) is 0. The maximum Gasteiger partial charge on any atom is 0.305 e. The van der Waals surface area contributed by atoms with E-state index in [1.165, 1.54) is 66.1 Å². The van der Waals surface area contributed by atoms with Crippen LogP contribution >= 0.6 is 0 Å². The van der Waals surface area contributed by atoms with E-state index >= 15 is 18.8 Å². The summed E-state index contributed by atoms with van der Waals surface area (Å²) in [6.45, 7) is -0.525. The number of halogens is 2. The number of phenolic OH excluding ortho intramolecular Hbond substituents is 1. The van der Waals surface area contributed by atoms with Crippen LogP contribution in [0, 0.1) is 29.5 Å². The number of amides is 9. The van der Waals surface area contributed by atoms with Crippen molar-refractivity contribution in [3.05, 3.63) is 119 Å². The quantitative estimate of drug-likeness (QED) is 0.0670. The molecule has 4 aliphatic rings. The molecule has 2 aromatic heterocycles. The molecule has 4 heterocycles. The number of phenols is 1. The van der Waals surface area contributed by atoms with Crippen molar-refractivity contribution >= 4 is 75.8 Å². The van der Waals surface area contributed by atoms with E-state index in [0.29, 0.717) is 92.8 Å². The number of nitrogens with zero attached hydrogens (tertiary/aromatic N) is 2. The Hall–Kier alpha value is -9.64. The molecule has 3 fully saturated rings. The predicted octanol–water partition coefficient (Wildman–Crippen LogP) is 2.94. The Morgan fingerprint density at radius 1 is 0.700 bits per heavy atom. The first-order valence-corrected chi connectivity index (χ1v) is 34.5. The fraction of sp³-hybridized carbons (Fsp3) is 0.521. The number of fused-ring (bicyclic) bond motifs is 5. The van der Waals surface area contributed by atoms with Gasteiger partial charge in [-0.15, -0.1) is 0 Å². The molecular formula is C71H91F2N13O14. The van der Waals surface area contributed by atoms with Gasteiger partial charge in [-0.2, -0.15) is 0 Å². The number of aryl methyl sites for hydroxylation is 1. The van der Waals surface area contributed by atoms with Crippen molar-refractivity contribution < 1.29 is 76.5 Å². The number of ether oxygens (including phenoxy) is 1. The highest BCUT2D eigenvalue weighted by molar-refractivity contribution is 5.99. The first-order chi connectivity index (χ1) is 48.1. The number of aromatic nitrogens is 3. The highest BCUT2D eigenvalue weighted by Crippen LogP contribution is 2.48. The first-order valence-electron chi connectivity index (χ1n) is 34.5. The molecule has 12 atom stereocenters. The molecule has 538 valence electrons. The molecule has 0 radical (unpaired) electrons. The Morgan fingerprint density at radius 2 is 1.40 bits per heavy atom. The monoisotopic (exact) mass is 1390 g/mol. The van der Waals surface area contributed by atoms with E-state index in [2.05, 4.69) is 52.2 Å². The molecule has 2 saturated carbocycles. The highest BCUT2D eigenvalue weighted by atomic mass is 19.1. The summed E-state index contributed by atoms with van der Waals surface area (Å²) in [5.74, 6) is -12.1. The van der Waals surface area contributed by atoms with Gasteiger partial charge in [0.25, 0.3) is 0 Å². The zero-order valence-electron chi connectivity index (χ0n) is 55.8. The van der Waals surface area contributed by atoms with Crippen molar-refractivity contribution in [2.75, 3.05) is 26.2 Å². The average Bonchev–Trinajstić information content (AvgIpc) is 1.64. The van der Waals surface area contributed by atoms with Crippen LogP contribution in [0.1, 0.15) is 131 Å². The largest absolute Gasteiger partial charge is 0.508 e. The maximum absolute atomic E-state index is 15.3. The van der Waals surface area contributed by atoms with Gasteiger partial charge in [-0.05, 0) is 167 Å². The number of carboxylic acids is 1. The number of rotatable bonds is 15. The topological polar surface area (TPSA) is 421 Å². The van der Waals surface area contributed by atoms with Gasteiger partial charge in [0, 0.05) is 67.6 Å². The van der Waals surface area contributed by atoms with Gasteiger partial charge >= 0.3 is 5.97 Å². The van der Waals surface area contributed by atoms with Gasteiger partial charge in [0.1, 0.15) is 54.0 Å². The van der Waals surface area contributed by atoms with E-state index < -0.39 is 145 Å². The Balaban J connectivity index is 1.04. The minimum atomic E-state index is -1.97. The second-order valence-corrected chi connectivity index (χ2v) is 26.9. The summed E-state index contributed by atoms with van der Waals surface area (Å²) < 4.78 is 36.1. The third-order valence-corrected chi connectivity index (χ3v) is 19.6. The van der Waals surface area contributed by atoms with Crippen LogP contribution < -0.4 is 48.7 Å². The Morgan fingerprint density at radius 3 is 2.15 bits per heavy atom. The number of alkyl halides is 1. The average molecular weight is 1390 g/mol. The number of benzene rings is 3. The fourth-order valence-electron chi connectivity index (χ4n) is 14.3. The molecule has 4 unspecified atom stereocenters. The fourth-order valence-corrected chi connectivity index (χ4v) is 14.3. The normalized spacial score (nSPS) is 26.6. The maximum atomic E-state index is 15.3. The number of carboxylic acid groups (broad SMARTS) is 1. The van der Waals surface area contributed by atoms with Gasteiger partial charge in [0.15, 0.2) is 5.78 Å². The molecule has 5 aromatic rings. The molecule has 100 heavy (non-hydrogen) atoms. The van der Waals surface area contributed by atoms with E-state index in [9.17, 15) is 53.0 Å². The lowest BCUT2D eigenvalue weighted by Gasteiger charge is -2.33. The highest BCUT2D eigenvalue weighted by Gasteiger charge is 2.44.